The Kier molecular flexibility index (Phi) is 3.80. The molecule has 4 nitrogen and oxygen atoms in total. The van der Waals surface area contributed by atoms with E-state index in [4.69, 9.17) is 0 Å². The van der Waals surface area contributed by atoms with Gasteiger partial charge in [-0.2, -0.15) is 0 Å². The fourth-order valence-electron chi connectivity index (χ4n) is 2.15. The molecule has 6 heteroatoms. The van der Waals surface area contributed by atoms with Gasteiger partial charge in [0.1, 0.15) is 5.82 Å². The predicted octanol–water partition coefficient (Wildman–Crippen LogP) is 1.57. The molecule has 0 bridgehead atoms. The van der Waals surface area contributed by atoms with E-state index in [9.17, 15) is 13.6 Å². The number of pyridine rings is 1. The molecule has 1 saturated heterocycles. The Bertz CT molecular complexity index is 485. The fraction of sp³-hybridized carbons (Fsp3) is 0.538. The van der Waals surface area contributed by atoms with E-state index >= 15 is 0 Å². The first-order valence-corrected chi connectivity index (χ1v) is 6.22. The van der Waals surface area contributed by atoms with E-state index in [1.807, 2.05) is 14.0 Å². The summed E-state index contributed by atoms with van der Waals surface area (Å²) in [4.78, 5) is 17.7. The van der Waals surface area contributed by atoms with Crippen molar-refractivity contribution in [1.82, 2.24) is 15.2 Å². The van der Waals surface area contributed by atoms with Crippen molar-refractivity contribution in [3.63, 3.8) is 0 Å². The van der Waals surface area contributed by atoms with Gasteiger partial charge in [-0.3, -0.25) is 4.79 Å². The first-order valence-electron chi connectivity index (χ1n) is 6.22. The number of amides is 1. The lowest BCUT2D eigenvalue weighted by Gasteiger charge is -2.38. The third-order valence-electron chi connectivity index (χ3n) is 3.53. The minimum atomic E-state index is -0.936. The van der Waals surface area contributed by atoms with Crippen molar-refractivity contribution in [3.05, 3.63) is 29.6 Å². The van der Waals surface area contributed by atoms with Crippen molar-refractivity contribution >= 4 is 5.91 Å². The molecule has 1 aliphatic heterocycles. The summed E-state index contributed by atoms with van der Waals surface area (Å²) in [5, 5.41) is 2.80. The van der Waals surface area contributed by atoms with Gasteiger partial charge in [0.2, 0.25) is 0 Å². The van der Waals surface area contributed by atoms with Crippen molar-refractivity contribution in [2.24, 2.45) is 0 Å². The van der Waals surface area contributed by atoms with Crippen molar-refractivity contribution < 1.29 is 13.6 Å². The minimum absolute atomic E-state index is 0.360. The van der Waals surface area contributed by atoms with Crippen LogP contribution in [-0.2, 0) is 0 Å². The van der Waals surface area contributed by atoms with E-state index in [1.165, 1.54) is 0 Å². The zero-order chi connectivity index (χ0) is 14.0. The topological polar surface area (TPSA) is 45.2 Å². The Morgan fingerprint density at radius 2 is 2.05 bits per heavy atom. The lowest BCUT2D eigenvalue weighted by molar-refractivity contribution is 0.0842. The molecule has 0 aliphatic carbocycles. The first kappa shape index (κ1) is 13.9. The summed E-state index contributed by atoms with van der Waals surface area (Å²) in [5.41, 5.74) is -0.729. The second-order valence-electron chi connectivity index (χ2n) is 5.30. The number of carbonyl (C=O) groups is 1. The first-order chi connectivity index (χ1) is 8.89. The summed E-state index contributed by atoms with van der Waals surface area (Å²) in [6, 6.07) is 0.666. The summed E-state index contributed by atoms with van der Waals surface area (Å²) in [5.74, 6) is -2.32. The molecule has 1 N–H and O–H groups in total. The van der Waals surface area contributed by atoms with Crippen LogP contribution in [0.15, 0.2) is 12.3 Å². The molecule has 1 amide bonds. The number of carbonyl (C=O) groups excluding carboxylic acids is 1. The maximum absolute atomic E-state index is 13.5. The van der Waals surface area contributed by atoms with Gasteiger partial charge in [-0.25, -0.2) is 13.8 Å². The van der Waals surface area contributed by atoms with Gasteiger partial charge in [0.05, 0.1) is 6.20 Å². The molecular weight excluding hydrogens is 252 g/mol. The normalized spacial score (nSPS) is 19.2. The van der Waals surface area contributed by atoms with Gasteiger partial charge in [-0.1, -0.05) is 0 Å². The fourth-order valence-corrected chi connectivity index (χ4v) is 2.15. The average molecular weight is 269 g/mol. The van der Waals surface area contributed by atoms with Crippen molar-refractivity contribution in [2.75, 3.05) is 20.1 Å². The average Bonchev–Trinajstić information content (AvgIpc) is 2.33. The maximum atomic E-state index is 13.5. The van der Waals surface area contributed by atoms with Crippen LogP contribution < -0.4 is 5.32 Å². The number of likely N-dealkylation sites (tertiary alicyclic amines) is 1. The lowest BCUT2D eigenvalue weighted by Crippen LogP contribution is -2.52. The number of hydrogen-bond donors (Lipinski definition) is 1. The second kappa shape index (κ2) is 5.21. The van der Waals surface area contributed by atoms with Crippen LogP contribution in [-0.4, -0.2) is 41.5 Å². The summed E-state index contributed by atoms with van der Waals surface area (Å²) in [6.07, 6.45) is 2.42. The summed E-state index contributed by atoms with van der Waals surface area (Å²) < 4.78 is 26.2. The summed E-state index contributed by atoms with van der Waals surface area (Å²) in [7, 11) is 2.02. The Hall–Kier alpha value is -1.56. The van der Waals surface area contributed by atoms with Crippen molar-refractivity contribution in [2.45, 2.75) is 25.3 Å². The van der Waals surface area contributed by atoms with Gasteiger partial charge in [0.25, 0.3) is 5.91 Å². The number of aromatic nitrogens is 1. The quantitative estimate of drug-likeness (QED) is 0.886. The molecular formula is C13H17F2N3O. The molecule has 2 rings (SSSR count). The number of piperidine rings is 1. The SMILES string of the molecule is CN1CCC(C)(NC(=O)c2ncc(F)cc2F)CC1. The number of rotatable bonds is 2. The number of halogens is 2. The molecule has 0 unspecified atom stereocenters. The molecule has 0 radical (unpaired) electrons. The van der Waals surface area contributed by atoms with E-state index in [-0.39, 0.29) is 11.2 Å². The van der Waals surface area contributed by atoms with E-state index in [0.29, 0.717) is 6.07 Å². The van der Waals surface area contributed by atoms with Crippen LogP contribution in [0.3, 0.4) is 0 Å². The van der Waals surface area contributed by atoms with Crippen molar-refractivity contribution in [3.8, 4) is 0 Å². The predicted molar refractivity (Wildman–Crippen MR) is 66.8 cm³/mol. The number of nitrogens with one attached hydrogen (secondary N) is 1. The van der Waals surface area contributed by atoms with Gasteiger partial charge >= 0.3 is 0 Å². The Morgan fingerprint density at radius 3 is 2.63 bits per heavy atom. The van der Waals surface area contributed by atoms with E-state index < -0.39 is 17.5 Å². The van der Waals surface area contributed by atoms with Gasteiger partial charge in [-0.15, -0.1) is 0 Å². The maximum Gasteiger partial charge on any atom is 0.273 e. The van der Waals surface area contributed by atoms with Gasteiger partial charge in [0.15, 0.2) is 11.5 Å². The van der Waals surface area contributed by atoms with Gasteiger partial charge in [-0.05, 0) is 26.8 Å². The van der Waals surface area contributed by atoms with Crippen molar-refractivity contribution in [1.29, 1.82) is 0 Å². The summed E-state index contributed by atoms with van der Waals surface area (Å²) in [6.45, 7) is 3.67. The zero-order valence-electron chi connectivity index (χ0n) is 11.0. The molecule has 19 heavy (non-hydrogen) atoms. The van der Waals surface area contributed by atoms with E-state index in [1.54, 1.807) is 0 Å². The highest BCUT2D eigenvalue weighted by molar-refractivity contribution is 5.93. The van der Waals surface area contributed by atoms with Crippen LogP contribution in [0.1, 0.15) is 30.3 Å². The Balaban J connectivity index is 2.08. The van der Waals surface area contributed by atoms with Crippen LogP contribution in [0, 0.1) is 11.6 Å². The third kappa shape index (κ3) is 3.26. The standard InChI is InChI=1S/C13H17F2N3O/c1-13(3-5-18(2)6-4-13)17-12(19)11-10(15)7-9(14)8-16-11/h7-8H,3-6H2,1-2H3,(H,17,19). The highest BCUT2D eigenvalue weighted by Crippen LogP contribution is 2.21. The molecule has 104 valence electrons. The minimum Gasteiger partial charge on any atom is -0.345 e. The molecule has 0 aromatic carbocycles. The molecule has 1 aromatic heterocycles. The lowest BCUT2D eigenvalue weighted by atomic mass is 9.89. The molecule has 1 aliphatic rings. The van der Waals surface area contributed by atoms with Gasteiger partial charge in [0, 0.05) is 24.7 Å². The smallest absolute Gasteiger partial charge is 0.273 e. The second-order valence-corrected chi connectivity index (χ2v) is 5.30. The molecule has 0 spiro atoms. The van der Waals surface area contributed by atoms with Crippen LogP contribution >= 0.6 is 0 Å². The van der Waals surface area contributed by atoms with Crippen LogP contribution in [0.25, 0.3) is 0 Å². The number of hydrogen-bond acceptors (Lipinski definition) is 3. The van der Waals surface area contributed by atoms with Crippen LogP contribution in [0.5, 0.6) is 0 Å². The largest absolute Gasteiger partial charge is 0.345 e. The summed E-state index contributed by atoms with van der Waals surface area (Å²) >= 11 is 0. The molecule has 1 aromatic rings. The number of nitrogens with zero attached hydrogens (tertiary/aromatic N) is 2. The molecule has 0 atom stereocenters. The third-order valence-corrected chi connectivity index (χ3v) is 3.53. The van der Waals surface area contributed by atoms with Crippen LogP contribution in [0.2, 0.25) is 0 Å². The highest BCUT2D eigenvalue weighted by atomic mass is 19.1. The molecule has 1 fully saturated rings. The molecule has 2 heterocycles. The van der Waals surface area contributed by atoms with E-state index in [0.717, 1.165) is 32.1 Å². The zero-order valence-corrected chi connectivity index (χ0v) is 11.0. The van der Waals surface area contributed by atoms with Gasteiger partial charge < -0.3 is 10.2 Å². The van der Waals surface area contributed by atoms with Crippen LogP contribution in [0.4, 0.5) is 8.78 Å². The molecule has 0 saturated carbocycles. The Labute approximate surface area is 110 Å². The Morgan fingerprint density at radius 1 is 1.42 bits per heavy atom. The van der Waals surface area contributed by atoms with E-state index in [2.05, 4.69) is 15.2 Å². The highest BCUT2D eigenvalue weighted by Gasteiger charge is 2.31. The monoisotopic (exact) mass is 269 g/mol.